The second-order valence-corrected chi connectivity index (χ2v) is 3.81. The van der Waals surface area contributed by atoms with E-state index in [4.69, 9.17) is 5.84 Å². The van der Waals surface area contributed by atoms with Crippen molar-refractivity contribution in [3.63, 3.8) is 0 Å². The third kappa shape index (κ3) is 3.05. The number of hydrazine groups is 1. The van der Waals surface area contributed by atoms with E-state index in [1.165, 1.54) is 5.56 Å². The van der Waals surface area contributed by atoms with Gasteiger partial charge in [-0.15, -0.1) is 0 Å². The molecule has 0 fully saturated rings. The quantitative estimate of drug-likeness (QED) is 0.444. The van der Waals surface area contributed by atoms with E-state index in [2.05, 4.69) is 5.43 Å². The topological polar surface area (TPSA) is 55.1 Å². The van der Waals surface area contributed by atoms with Gasteiger partial charge in [0.1, 0.15) is 0 Å². The van der Waals surface area contributed by atoms with Crippen LogP contribution in [0.1, 0.15) is 11.1 Å². The Morgan fingerprint density at radius 2 is 2.07 bits per heavy atom. The van der Waals surface area contributed by atoms with Gasteiger partial charge in [-0.05, 0) is 17.4 Å². The number of carbonyl (C=O) groups excluding carboxylic acids is 1. The summed E-state index contributed by atoms with van der Waals surface area (Å²) in [6, 6.07) is 7.91. The van der Waals surface area contributed by atoms with Gasteiger partial charge in [-0.3, -0.25) is 10.2 Å². The van der Waals surface area contributed by atoms with Crippen LogP contribution in [0.25, 0.3) is 0 Å². The molecular formula is C10H14N2OS. The second kappa shape index (κ2) is 5.67. The molecule has 0 radical (unpaired) electrons. The summed E-state index contributed by atoms with van der Waals surface area (Å²) < 4.78 is 0. The van der Waals surface area contributed by atoms with Crippen LogP contribution in [-0.2, 0) is 17.0 Å². The van der Waals surface area contributed by atoms with E-state index in [0.717, 1.165) is 11.3 Å². The first-order valence-corrected chi connectivity index (χ1v) is 5.72. The molecule has 0 saturated heterocycles. The van der Waals surface area contributed by atoms with Gasteiger partial charge in [-0.2, -0.15) is 11.8 Å². The zero-order valence-electron chi connectivity index (χ0n) is 8.12. The van der Waals surface area contributed by atoms with Gasteiger partial charge in [0, 0.05) is 5.75 Å². The van der Waals surface area contributed by atoms with Gasteiger partial charge < -0.3 is 0 Å². The average molecular weight is 210 g/mol. The van der Waals surface area contributed by atoms with Crippen LogP contribution in [0.5, 0.6) is 0 Å². The van der Waals surface area contributed by atoms with E-state index in [-0.39, 0.29) is 5.91 Å². The van der Waals surface area contributed by atoms with Crippen molar-refractivity contribution < 1.29 is 4.79 Å². The Balaban J connectivity index is 2.78. The maximum atomic E-state index is 11.1. The summed E-state index contributed by atoms with van der Waals surface area (Å²) in [6.45, 7) is 0. The first-order chi connectivity index (χ1) is 6.77. The smallest absolute Gasteiger partial charge is 0.238 e. The maximum absolute atomic E-state index is 11.1. The zero-order valence-corrected chi connectivity index (χ0v) is 8.93. The molecule has 0 aromatic heterocycles. The van der Waals surface area contributed by atoms with Gasteiger partial charge in [0.25, 0.3) is 0 Å². The monoisotopic (exact) mass is 210 g/mol. The number of amides is 1. The minimum atomic E-state index is -0.154. The van der Waals surface area contributed by atoms with E-state index in [1.54, 1.807) is 11.8 Å². The minimum absolute atomic E-state index is 0.154. The molecule has 0 heterocycles. The average Bonchev–Trinajstić information content (AvgIpc) is 2.21. The molecule has 0 aliphatic heterocycles. The summed E-state index contributed by atoms with van der Waals surface area (Å²) in [6.07, 6.45) is 2.40. The van der Waals surface area contributed by atoms with Crippen LogP contribution >= 0.6 is 11.8 Å². The van der Waals surface area contributed by atoms with Crippen molar-refractivity contribution in [2.24, 2.45) is 5.84 Å². The van der Waals surface area contributed by atoms with Crippen LogP contribution in [0.4, 0.5) is 0 Å². The molecule has 76 valence electrons. The molecule has 1 rings (SSSR count). The van der Waals surface area contributed by atoms with Crippen molar-refractivity contribution in [2.45, 2.75) is 12.2 Å². The van der Waals surface area contributed by atoms with Gasteiger partial charge in [-0.1, -0.05) is 24.3 Å². The Morgan fingerprint density at radius 1 is 1.43 bits per heavy atom. The highest BCUT2D eigenvalue weighted by molar-refractivity contribution is 7.97. The zero-order chi connectivity index (χ0) is 10.4. The lowest BCUT2D eigenvalue weighted by atomic mass is 10.1. The Bertz CT molecular complexity index is 315. The normalized spacial score (nSPS) is 9.86. The fraction of sp³-hybridized carbons (Fsp3) is 0.300. The van der Waals surface area contributed by atoms with Gasteiger partial charge in [0.2, 0.25) is 5.91 Å². The molecule has 0 bridgehead atoms. The first kappa shape index (κ1) is 11.1. The van der Waals surface area contributed by atoms with E-state index in [9.17, 15) is 4.79 Å². The molecule has 1 aromatic rings. The summed E-state index contributed by atoms with van der Waals surface area (Å²) in [7, 11) is 0. The van der Waals surface area contributed by atoms with Crippen LogP contribution in [0.2, 0.25) is 0 Å². The van der Waals surface area contributed by atoms with Crippen molar-refractivity contribution in [3.8, 4) is 0 Å². The third-order valence-electron chi connectivity index (χ3n) is 1.93. The predicted octanol–water partition coefficient (Wildman–Crippen LogP) is 1.08. The number of nitrogens with two attached hydrogens (primary N) is 1. The van der Waals surface area contributed by atoms with Crippen molar-refractivity contribution in [1.29, 1.82) is 0 Å². The first-order valence-electron chi connectivity index (χ1n) is 4.33. The van der Waals surface area contributed by atoms with Crippen LogP contribution in [0.15, 0.2) is 24.3 Å². The highest BCUT2D eigenvalue weighted by atomic mass is 32.2. The highest BCUT2D eigenvalue weighted by Crippen LogP contribution is 2.15. The molecular weight excluding hydrogens is 196 g/mol. The van der Waals surface area contributed by atoms with Crippen molar-refractivity contribution in [1.82, 2.24) is 5.43 Å². The molecule has 0 unspecified atom stereocenters. The van der Waals surface area contributed by atoms with E-state index in [1.807, 2.05) is 30.5 Å². The molecule has 4 heteroatoms. The molecule has 14 heavy (non-hydrogen) atoms. The molecule has 0 aliphatic carbocycles. The highest BCUT2D eigenvalue weighted by Gasteiger charge is 2.05. The van der Waals surface area contributed by atoms with Crippen LogP contribution in [-0.4, -0.2) is 12.2 Å². The van der Waals surface area contributed by atoms with E-state index in [0.29, 0.717) is 6.42 Å². The van der Waals surface area contributed by atoms with Gasteiger partial charge in [0.15, 0.2) is 0 Å². The Kier molecular flexibility index (Phi) is 4.49. The maximum Gasteiger partial charge on any atom is 0.238 e. The lowest BCUT2D eigenvalue weighted by Gasteiger charge is -2.06. The van der Waals surface area contributed by atoms with Crippen molar-refractivity contribution in [3.05, 3.63) is 35.4 Å². The van der Waals surface area contributed by atoms with Gasteiger partial charge >= 0.3 is 0 Å². The van der Waals surface area contributed by atoms with Gasteiger partial charge in [-0.25, -0.2) is 5.84 Å². The Labute approximate surface area is 88.0 Å². The Hall–Kier alpha value is -1.00. The number of carbonyl (C=O) groups is 1. The molecule has 0 aliphatic rings. The molecule has 0 spiro atoms. The summed E-state index contributed by atoms with van der Waals surface area (Å²) in [4.78, 5) is 11.1. The van der Waals surface area contributed by atoms with E-state index >= 15 is 0 Å². The summed E-state index contributed by atoms with van der Waals surface area (Å²) >= 11 is 1.74. The number of hydrogen-bond donors (Lipinski definition) is 2. The SMILES string of the molecule is CSCc1ccccc1CC(=O)NN. The van der Waals surface area contributed by atoms with Crippen molar-refractivity contribution >= 4 is 17.7 Å². The summed E-state index contributed by atoms with van der Waals surface area (Å²) in [5.74, 6) is 5.81. The number of thioether (sulfide) groups is 1. The van der Waals surface area contributed by atoms with Crippen LogP contribution in [0, 0.1) is 0 Å². The predicted molar refractivity (Wildman–Crippen MR) is 59.7 cm³/mol. The number of nitrogens with one attached hydrogen (secondary N) is 1. The molecule has 3 nitrogen and oxygen atoms in total. The third-order valence-corrected chi connectivity index (χ3v) is 2.53. The molecule has 3 N–H and O–H groups in total. The largest absolute Gasteiger partial charge is 0.294 e. The number of benzene rings is 1. The van der Waals surface area contributed by atoms with Crippen molar-refractivity contribution in [2.75, 3.05) is 6.26 Å². The summed E-state index contributed by atoms with van der Waals surface area (Å²) in [5.41, 5.74) is 4.38. The molecule has 0 atom stereocenters. The molecule has 0 saturated carbocycles. The fourth-order valence-electron chi connectivity index (χ4n) is 1.25. The second-order valence-electron chi connectivity index (χ2n) is 2.95. The van der Waals surface area contributed by atoms with Crippen LogP contribution < -0.4 is 11.3 Å². The van der Waals surface area contributed by atoms with E-state index < -0.39 is 0 Å². The molecule has 1 amide bonds. The lowest BCUT2D eigenvalue weighted by molar-refractivity contribution is -0.120. The minimum Gasteiger partial charge on any atom is -0.294 e. The number of rotatable bonds is 4. The fourth-order valence-corrected chi connectivity index (χ4v) is 1.84. The van der Waals surface area contributed by atoms with Gasteiger partial charge in [0.05, 0.1) is 6.42 Å². The lowest BCUT2D eigenvalue weighted by Crippen LogP contribution is -2.31. The number of hydrogen-bond acceptors (Lipinski definition) is 3. The molecule has 1 aromatic carbocycles. The standard InChI is InChI=1S/C10H14N2OS/c1-14-7-9-5-3-2-4-8(9)6-10(13)12-11/h2-5H,6-7,11H2,1H3,(H,12,13). The van der Waals surface area contributed by atoms with Crippen LogP contribution in [0.3, 0.4) is 0 Å². The Morgan fingerprint density at radius 3 is 2.64 bits per heavy atom. The summed E-state index contributed by atoms with van der Waals surface area (Å²) in [5, 5.41) is 0.